The highest BCUT2D eigenvalue weighted by Gasteiger charge is 2.38. The Labute approximate surface area is 60.6 Å². The SMILES string of the molecule is OC1(CN2C[CH]C2)COC1. The maximum Gasteiger partial charge on any atom is 0.124 e. The van der Waals surface area contributed by atoms with Crippen LogP contribution in [0.25, 0.3) is 0 Å². The summed E-state index contributed by atoms with van der Waals surface area (Å²) >= 11 is 0. The monoisotopic (exact) mass is 142 g/mol. The van der Waals surface area contributed by atoms with Gasteiger partial charge in [-0.3, -0.25) is 4.90 Å². The lowest BCUT2D eigenvalue weighted by Gasteiger charge is -2.43. The molecule has 0 bridgehead atoms. The predicted octanol–water partition coefficient (Wildman–Crippen LogP) is -0.732. The third-order valence-corrected chi connectivity index (χ3v) is 2.03. The third kappa shape index (κ3) is 1.05. The largest absolute Gasteiger partial charge is 0.384 e. The fraction of sp³-hybridized carbons (Fsp3) is 0.857. The van der Waals surface area contributed by atoms with Crippen molar-refractivity contribution < 1.29 is 9.84 Å². The molecule has 2 rings (SSSR count). The first-order valence-electron chi connectivity index (χ1n) is 3.63. The molecule has 0 aromatic rings. The molecule has 10 heavy (non-hydrogen) atoms. The summed E-state index contributed by atoms with van der Waals surface area (Å²) in [5, 5.41) is 9.56. The van der Waals surface area contributed by atoms with Gasteiger partial charge in [-0.25, -0.2) is 0 Å². The molecule has 3 nitrogen and oxygen atoms in total. The van der Waals surface area contributed by atoms with Gasteiger partial charge < -0.3 is 9.84 Å². The molecule has 0 spiro atoms. The number of hydrogen-bond donors (Lipinski definition) is 1. The fourth-order valence-corrected chi connectivity index (χ4v) is 1.29. The maximum absolute atomic E-state index is 9.56. The van der Waals surface area contributed by atoms with Crippen molar-refractivity contribution in [2.24, 2.45) is 0 Å². The highest BCUT2D eigenvalue weighted by atomic mass is 16.5. The van der Waals surface area contributed by atoms with Crippen LogP contribution in [0.5, 0.6) is 0 Å². The van der Waals surface area contributed by atoms with Crippen LogP contribution < -0.4 is 0 Å². The first-order valence-corrected chi connectivity index (χ1v) is 3.63. The molecular formula is C7H12NO2. The number of likely N-dealkylation sites (tertiary alicyclic amines) is 1. The van der Waals surface area contributed by atoms with Crippen molar-refractivity contribution in [3.63, 3.8) is 0 Å². The lowest BCUT2D eigenvalue weighted by molar-refractivity contribution is -0.188. The Morgan fingerprint density at radius 3 is 2.50 bits per heavy atom. The quantitative estimate of drug-likeness (QED) is 0.551. The van der Waals surface area contributed by atoms with Gasteiger partial charge in [0.15, 0.2) is 0 Å². The van der Waals surface area contributed by atoms with Crippen LogP contribution in [0.3, 0.4) is 0 Å². The van der Waals surface area contributed by atoms with Crippen LogP contribution in [0.15, 0.2) is 0 Å². The van der Waals surface area contributed by atoms with Crippen molar-refractivity contribution in [2.45, 2.75) is 5.60 Å². The molecule has 3 heteroatoms. The fourth-order valence-electron chi connectivity index (χ4n) is 1.29. The van der Waals surface area contributed by atoms with Gasteiger partial charge in [-0.2, -0.15) is 0 Å². The van der Waals surface area contributed by atoms with Gasteiger partial charge in [0, 0.05) is 19.6 Å². The Bertz CT molecular complexity index is 130. The highest BCUT2D eigenvalue weighted by Crippen LogP contribution is 2.20. The minimum Gasteiger partial charge on any atom is -0.384 e. The van der Waals surface area contributed by atoms with Gasteiger partial charge >= 0.3 is 0 Å². The number of aliphatic hydroxyl groups is 1. The van der Waals surface area contributed by atoms with E-state index >= 15 is 0 Å². The Kier molecular flexibility index (Phi) is 1.44. The van der Waals surface area contributed by atoms with Gasteiger partial charge in [0.05, 0.1) is 13.2 Å². The summed E-state index contributed by atoms with van der Waals surface area (Å²) in [6.07, 6.45) is 2.20. The minimum absolute atomic E-state index is 0.517. The van der Waals surface area contributed by atoms with E-state index in [1.165, 1.54) is 0 Å². The summed E-state index contributed by atoms with van der Waals surface area (Å²) < 4.78 is 4.92. The maximum atomic E-state index is 9.56. The van der Waals surface area contributed by atoms with Crippen LogP contribution in [-0.4, -0.2) is 48.5 Å². The van der Waals surface area contributed by atoms with E-state index in [4.69, 9.17) is 4.74 Å². The summed E-state index contributed by atoms with van der Waals surface area (Å²) in [7, 11) is 0. The smallest absolute Gasteiger partial charge is 0.124 e. The van der Waals surface area contributed by atoms with Crippen LogP contribution >= 0.6 is 0 Å². The van der Waals surface area contributed by atoms with Gasteiger partial charge in [0.1, 0.15) is 5.60 Å². The molecule has 2 aliphatic rings. The second-order valence-electron chi connectivity index (χ2n) is 3.20. The molecule has 0 aromatic heterocycles. The minimum atomic E-state index is -0.520. The number of β-amino-alcohol motifs (C(OH)–C–C–N with tert-alkyl or cyclic N) is 1. The van der Waals surface area contributed by atoms with Crippen molar-refractivity contribution in [1.29, 1.82) is 0 Å². The second kappa shape index (κ2) is 2.19. The standard InChI is InChI=1S/C7H12NO2/c9-7(5-10-6-7)4-8-2-1-3-8/h1,9H,2-6H2. The van der Waals surface area contributed by atoms with E-state index in [-0.39, 0.29) is 0 Å². The molecular weight excluding hydrogens is 130 g/mol. The Hall–Kier alpha value is -0.120. The van der Waals surface area contributed by atoms with Crippen molar-refractivity contribution in [1.82, 2.24) is 4.90 Å². The summed E-state index contributed by atoms with van der Waals surface area (Å²) in [4.78, 5) is 2.21. The summed E-state index contributed by atoms with van der Waals surface area (Å²) in [5.74, 6) is 0. The molecule has 2 heterocycles. The average Bonchev–Trinajstić information content (AvgIpc) is 1.74. The molecule has 0 unspecified atom stereocenters. The zero-order valence-corrected chi connectivity index (χ0v) is 5.92. The summed E-state index contributed by atoms with van der Waals surface area (Å²) in [6, 6.07) is 0. The summed E-state index contributed by atoms with van der Waals surface area (Å²) in [5.41, 5.74) is -0.520. The van der Waals surface area contributed by atoms with Crippen LogP contribution in [0.2, 0.25) is 0 Å². The molecule has 1 radical (unpaired) electrons. The first-order chi connectivity index (χ1) is 4.79. The number of rotatable bonds is 2. The van der Waals surface area contributed by atoms with E-state index in [0.29, 0.717) is 13.2 Å². The molecule has 2 aliphatic heterocycles. The van der Waals surface area contributed by atoms with E-state index in [0.717, 1.165) is 19.6 Å². The van der Waals surface area contributed by atoms with Crippen molar-refractivity contribution in [2.75, 3.05) is 32.8 Å². The van der Waals surface area contributed by atoms with Crippen LogP contribution in [-0.2, 0) is 4.74 Å². The van der Waals surface area contributed by atoms with Crippen molar-refractivity contribution in [3.8, 4) is 0 Å². The van der Waals surface area contributed by atoms with E-state index < -0.39 is 5.60 Å². The zero-order valence-electron chi connectivity index (χ0n) is 5.92. The molecule has 0 aliphatic carbocycles. The Morgan fingerprint density at radius 2 is 2.20 bits per heavy atom. The predicted molar refractivity (Wildman–Crippen MR) is 36.5 cm³/mol. The topological polar surface area (TPSA) is 32.7 Å². The van der Waals surface area contributed by atoms with E-state index in [2.05, 4.69) is 11.3 Å². The molecule has 0 atom stereocenters. The van der Waals surface area contributed by atoms with E-state index in [9.17, 15) is 5.11 Å². The van der Waals surface area contributed by atoms with Gasteiger partial charge in [-0.05, 0) is 6.42 Å². The molecule has 1 N–H and O–H groups in total. The third-order valence-electron chi connectivity index (χ3n) is 2.03. The number of nitrogens with zero attached hydrogens (tertiary/aromatic N) is 1. The second-order valence-corrected chi connectivity index (χ2v) is 3.20. The van der Waals surface area contributed by atoms with Crippen LogP contribution in [0, 0.1) is 6.42 Å². The Morgan fingerprint density at radius 1 is 1.50 bits per heavy atom. The van der Waals surface area contributed by atoms with Gasteiger partial charge in [-0.15, -0.1) is 0 Å². The molecule has 0 saturated carbocycles. The van der Waals surface area contributed by atoms with Gasteiger partial charge in [-0.1, -0.05) is 0 Å². The molecule has 57 valence electrons. The average molecular weight is 142 g/mol. The molecule has 2 saturated heterocycles. The first kappa shape index (κ1) is 6.58. The van der Waals surface area contributed by atoms with E-state index in [1.54, 1.807) is 0 Å². The zero-order chi connectivity index (χ0) is 7.03. The molecule has 0 amide bonds. The van der Waals surface area contributed by atoms with E-state index in [1.807, 2.05) is 0 Å². The number of ether oxygens (including phenoxy) is 1. The van der Waals surface area contributed by atoms with Crippen LogP contribution in [0.4, 0.5) is 0 Å². The normalized spacial score (nSPS) is 30.9. The van der Waals surface area contributed by atoms with Crippen LogP contribution in [0.1, 0.15) is 0 Å². The lowest BCUT2D eigenvalue weighted by atomic mass is 10.00. The lowest BCUT2D eigenvalue weighted by Crippen LogP contribution is -2.59. The molecule has 0 aromatic carbocycles. The number of hydrogen-bond acceptors (Lipinski definition) is 3. The van der Waals surface area contributed by atoms with Crippen molar-refractivity contribution >= 4 is 0 Å². The van der Waals surface area contributed by atoms with Crippen molar-refractivity contribution in [3.05, 3.63) is 6.42 Å². The summed E-state index contributed by atoms with van der Waals surface area (Å²) in [6.45, 7) is 3.88. The molecule has 2 fully saturated rings. The van der Waals surface area contributed by atoms with Gasteiger partial charge in [0.25, 0.3) is 0 Å². The van der Waals surface area contributed by atoms with Gasteiger partial charge in [0.2, 0.25) is 0 Å². The Balaban J connectivity index is 1.77. The highest BCUT2D eigenvalue weighted by molar-refractivity contribution is 4.95.